The maximum Gasteiger partial charge on any atom is 0.243 e. The fraction of sp³-hybridized carbons (Fsp3) is 0.231. The molecule has 0 spiro atoms. The molecule has 0 aliphatic heterocycles. The number of para-hydroxylation sites is 1. The Morgan fingerprint density at radius 3 is 2.72 bits per heavy atom. The Kier molecular flexibility index (Phi) is 5.42. The molecule has 5 heteroatoms. The molecule has 4 N–H and O–H groups in total. The highest BCUT2D eigenvalue weighted by Crippen LogP contribution is 2.13. The van der Waals surface area contributed by atoms with Crippen LogP contribution in [0.1, 0.15) is 12.5 Å². The minimum absolute atomic E-state index is 0.0615. The number of nitrogens with two attached hydrogens (primary N) is 1. The van der Waals surface area contributed by atoms with Gasteiger partial charge in [-0.15, -0.1) is 0 Å². The second-order valence-corrected chi connectivity index (χ2v) is 3.51. The van der Waals surface area contributed by atoms with Gasteiger partial charge in [0.15, 0.2) is 0 Å². The van der Waals surface area contributed by atoms with E-state index in [1.54, 1.807) is 18.2 Å². The molecule has 1 aromatic carbocycles. The standard InChI is InChI=1S/C13H15N3O2/c1-10(17)15-9-13(18)16-12-7-3-2-5-11(12)6-4-8-14/h2-3,5,7H,8-9,14H2,1H3,(H,15,17)(H,16,18). The smallest absolute Gasteiger partial charge is 0.243 e. The van der Waals surface area contributed by atoms with Crippen LogP contribution in [0.2, 0.25) is 0 Å². The van der Waals surface area contributed by atoms with Gasteiger partial charge in [0.25, 0.3) is 0 Å². The Balaban J connectivity index is 2.71. The highest BCUT2D eigenvalue weighted by molar-refractivity contribution is 5.95. The predicted octanol–water partition coefficient (Wildman–Crippen LogP) is 0.0714. The van der Waals surface area contributed by atoms with Crippen LogP contribution < -0.4 is 16.4 Å². The SMILES string of the molecule is CC(=O)NCC(=O)Nc1ccccc1C#CCN. The molecule has 0 fully saturated rings. The summed E-state index contributed by atoms with van der Waals surface area (Å²) in [6.45, 7) is 1.55. The number of nitrogens with one attached hydrogen (secondary N) is 2. The highest BCUT2D eigenvalue weighted by Gasteiger charge is 2.05. The molecule has 0 heterocycles. The van der Waals surface area contributed by atoms with Gasteiger partial charge >= 0.3 is 0 Å². The third kappa shape index (κ3) is 4.68. The zero-order valence-electron chi connectivity index (χ0n) is 10.1. The van der Waals surface area contributed by atoms with Crippen LogP contribution in [0.3, 0.4) is 0 Å². The summed E-state index contributed by atoms with van der Waals surface area (Å²) in [6.07, 6.45) is 0. The Hall–Kier alpha value is -2.32. The molecule has 0 saturated heterocycles. The van der Waals surface area contributed by atoms with Gasteiger partial charge < -0.3 is 16.4 Å². The summed E-state index contributed by atoms with van der Waals surface area (Å²) in [5.74, 6) is 5.04. The maximum atomic E-state index is 11.5. The van der Waals surface area contributed by atoms with Gasteiger partial charge in [-0.3, -0.25) is 9.59 Å². The molecule has 0 radical (unpaired) electrons. The van der Waals surface area contributed by atoms with Crippen molar-refractivity contribution in [2.24, 2.45) is 5.73 Å². The summed E-state index contributed by atoms with van der Waals surface area (Å²) < 4.78 is 0. The van der Waals surface area contributed by atoms with Gasteiger partial charge in [0.2, 0.25) is 11.8 Å². The second-order valence-electron chi connectivity index (χ2n) is 3.51. The number of carbonyl (C=O) groups excluding carboxylic acids is 2. The molecule has 0 aliphatic carbocycles. The third-order valence-corrected chi connectivity index (χ3v) is 2.02. The van der Waals surface area contributed by atoms with Gasteiger partial charge in [0.1, 0.15) is 0 Å². The molecule has 1 rings (SSSR count). The topological polar surface area (TPSA) is 84.2 Å². The van der Waals surface area contributed by atoms with E-state index in [0.29, 0.717) is 11.3 Å². The molecule has 0 aliphatic rings. The molecular weight excluding hydrogens is 230 g/mol. The van der Waals surface area contributed by atoms with Crippen LogP contribution >= 0.6 is 0 Å². The van der Waals surface area contributed by atoms with Crippen LogP contribution in [-0.2, 0) is 9.59 Å². The van der Waals surface area contributed by atoms with Crippen molar-refractivity contribution >= 4 is 17.5 Å². The molecule has 2 amide bonds. The van der Waals surface area contributed by atoms with Gasteiger partial charge in [0, 0.05) is 12.5 Å². The Labute approximate surface area is 106 Å². The Bertz CT molecular complexity index is 500. The van der Waals surface area contributed by atoms with Gasteiger partial charge in [-0.25, -0.2) is 0 Å². The Morgan fingerprint density at radius 1 is 1.33 bits per heavy atom. The number of carbonyl (C=O) groups is 2. The first-order chi connectivity index (χ1) is 8.63. The van der Waals surface area contributed by atoms with E-state index in [9.17, 15) is 9.59 Å². The molecule has 5 nitrogen and oxygen atoms in total. The van der Waals surface area contributed by atoms with Crippen LogP contribution in [0.15, 0.2) is 24.3 Å². The van der Waals surface area contributed by atoms with Crippen molar-refractivity contribution in [3.8, 4) is 11.8 Å². The number of hydrogen-bond donors (Lipinski definition) is 3. The molecule has 18 heavy (non-hydrogen) atoms. The third-order valence-electron chi connectivity index (χ3n) is 2.02. The largest absolute Gasteiger partial charge is 0.347 e. The fourth-order valence-corrected chi connectivity index (χ4v) is 1.25. The van der Waals surface area contributed by atoms with Crippen LogP contribution in [0, 0.1) is 11.8 Å². The highest BCUT2D eigenvalue weighted by atomic mass is 16.2. The summed E-state index contributed by atoms with van der Waals surface area (Å²) in [4.78, 5) is 22.2. The van der Waals surface area contributed by atoms with Crippen LogP contribution in [0.5, 0.6) is 0 Å². The first-order valence-electron chi connectivity index (χ1n) is 5.45. The first-order valence-corrected chi connectivity index (χ1v) is 5.45. The zero-order chi connectivity index (χ0) is 13.4. The molecule has 94 valence electrons. The molecule has 0 saturated carbocycles. The van der Waals surface area contributed by atoms with Crippen LogP contribution in [0.25, 0.3) is 0 Å². The zero-order valence-corrected chi connectivity index (χ0v) is 10.1. The lowest BCUT2D eigenvalue weighted by atomic mass is 10.2. The molecule has 0 atom stereocenters. The van der Waals surface area contributed by atoms with Crippen molar-refractivity contribution < 1.29 is 9.59 Å². The van der Waals surface area contributed by atoms with Crippen LogP contribution in [0.4, 0.5) is 5.69 Å². The lowest BCUT2D eigenvalue weighted by Crippen LogP contribution is -2.31. The lowest BCUT2D eigenvalue weighted by Gasteiger charge is -2.07. The maximum absolute atomic E-state index is 11.5. The average Bonchev–Trinajstić information content (AvgIpc) is 2.35. The van der Waals surface area contributed by atoms with E-state index in [4.69, 9.17) is 5.73 Å². The van der Waals surface area contributed by atoms with Crippen molar-refractivity contribution in [1.82, 2.24) is 5.32 Å². The van der Waals surface area contributed by atoms with E-state index in [1.807, 2.05) is 6.07 Å². The van der Waals surface area contributed by atoms with Crippen molar-refractivity contribution in [1.29, 1.82) is 0 Å². The minimum atomic E-state index is -0.299. The van der Waals surface area contributed by atoms with Gasteiger partial charge in [-0.1, -0.05) is 24.0 Å². The Morgan fingerprint density at radius 2 is 2.06 bits per heavy atom. The predicted molar refractivity (Wildman–Crippen MR) is 69.7 cm³/mol. The number of hydrogen-bond acceptors (Lipinski definition) is 3. The quantitative estimate of drug-likeness (QED) is 0.659. The van der Waals surface area contributed by atoms with Crippen molar-refractivity contribution in [2.75, 3.05) is 18.4 Å². The molecule has 1 aromatic rings. The summed E-state index contributed by atoms with van der Waals surface area (Å²) in [7, 11) is 0. The van der Waals surface area contributed by atoms with Gasteiger partial charge in [-0.2, -0.15) is 0 Å². The minimum Gasteiger partial charge on any atom is -0.347 e. The summed E-state index contributed by atoms with van der Waals surface area (Å²) in [6, 6.07) is 7.15. The van der Waals surface area contributed by atoms with Gasteiger partial charge in [-0.05, 0) is 12.1 Å². The lowest BCUT2D eigenvalue weighted by molar-refractivity contribution is -0.122. The average molecular weight is 245 g/mol. The summed E-state index contributed by atoms with van der Waals surface area (Å²) in [5, 5.41) is 5.10. The van der Waals surface area contributed by atoms with E-state index < -0.39 is 0 Å². The number of amides is 2. The summed E-state index contributed by atoms with van der Waals surface area (Å²) >= 11 is 0. The second kappa shape index (κ2) is 7.09. The van der Waals surface area contributed by atoms with E-state index in [-0.39, 0.29) is 24.9 Å². The first kappa shape index (κ1) is 13.7. The van der Waals surface area contributed by atoms with E-state index in [2.05, 4.69) is 22.5 Å². The van der Waals surface area contributed by atoms with Crippen molar-refractivity contribution in [2.45, 2.75) is 6.92 Å². The number of benzene rings is 1. The molecule has 0 unspecified atom stereocenters. The van der Waals surface area contributed by atoms with Crippen molar-refractivity contribution in [3.63, 3.8) is 0 Å². The normalized spacial score (nSPS) is 9.00. The van der Waals surface area contributed by atoms with Gasteiger partial charge in [0.05, 0.1) is 18.8 Å². The monoisotopic (exact) mass is 245 g/mol. The van der Waals surface area contributed by atoms with Crippen molar-refractivity contribution in [3.05, 3.63) is 29.8 Å². The summed E-state index contributed by atoms with van der Waals surface area (Å²) in [5.41, 5.74) is 6.60. The fourth-order valence-electron chi connectivity index (χ4n) is 1.25. The van der Waals surface area contributed by atoms with E-state index >= 15 is 0 Å². The van der Waals surface area contributed by atoms with E-state index in [1.165, 1.54) is 6.92 Å². The number of anilines is 1. The van der Waals surface area contributed by atoms with E-state index in [0.717, 1.165) is 0 Å². The molecular formula is C13H15N3O2. The van der Waals surface area contributed by atoms with Crippen LogP contribution in [-0.4, -0.2) is 24.9 Å². The molecule has 0 bridgehead atoms. The molecule has 0 aromatic heterocycles. The number of rotatable bonds is 3.